The lowest BCUT2D eigenvalue weighted by molar-refractivity contribution is -0.144. The van der Waals surface area contributed by atoms with Crippen molar-refractivity contribution in [2.45, 2.75) is 13.0 Å². The standard InChI is InChI=1S/C24H20N2O4/c1-16(21-14-19-6-2-3-10-20(19)30-21)26-22(27)15-29-23(28)12-11-18-8-4-7-17-9-5-13-25-24(17)18/h2-14,16H,15H2,1H3,(H,26,27)/b12-11-/t16-/m0/s1. The van der Waals surface area contributed by atoms with E-state index in [2.05, 4.69) is 10.3 Å². The molecular weight excluding hydrogens is 380 g/mol. The number of pyridine rings is 1. The molecular formula is C24H20N2O4. The van der Waals surface area contributed by atoms with Gasteiger partial charge in [0.15, 0.2) is 6.61 Å². The van der Waals surface area contributed by atoms with Crippen LogP contribution in [0.2, 0.25) is 0 Å². The SMILES string of the molecule is C[C@H](NC(=O)COC(=O)/C=C\c1cccc2cccnc12)c1cc2ccccc2o1. The summed E-state index contributed by atoms with van der Waals surface area (Å²) in [4.78, 5) is 28.5. The molecule has 0 aliphatic carbocycles. The van der Waals surface area contributed by atoms with Gasteiger partial charge in [-0.2, -0.15) is 0 Å². The zero-order chi connectivity index (χ0) is 20.9. The summed E-state index contributed by atoms with van der Waals surface area (Å²) in [7, 11) is 0. The molecule has 2 aromatic carbocycles. The van der Waals surface area contributed by atoms with Gasteiger partial charge in [-0.25, -0.2) is 4.79 Å². The highest BCUT2D eigenvalue weighted by Gasteiger charge is 2.15. The van der Waals surface area contributed by atoms with Crippen LogP contribution in [0.25, 0.3) is 27.9 Å². The predicted octanol–water partition coefficient (Wildman–Crippen LogP) is 4.41. The fourth-order valence-corrected chi connectivity index (χ4v) is 3.17. The number of aromatic nitrogens is 1. The lowest BCUT2D eigenvalue weighted by Crippen LogP contribution is -2.30. The number of hydrogen-bond donors (Lipinski definition) is 1. The Morgan fingerprint density at radius 2 is 1.90 bits per heavy atom. The Morgan fingerprint density at radius 1 is 1.10 bits per heavy atom. The molecule has 0 saturated heterocycles. The number of benzene rings is 2. The smallest absolute Gasteiger partial charge is 0.331 e. The third-order valence-corrected chi connectivity index (χ3v) is 4.66. The number of hydrogen-bond acceptors (Lipinski definition) is 5. The minimum atomic E-state index is -0.602. The average molecular weight is 400 g/mol. The first-order chi connectivity index (χ1) is 14.6. The van der Waals surface area contributed by atoms with Crippen molar-refractivity contribution in [3.63, 3.8) is 0 Å². The summed E-state index contributed by atoms with van der Waals surface area (Å²) in [6.07, 6.45) is 4.62. The summed E-state index contributed by atoms with van der Waals surface area (Å²) >= 11 is 0. The monoisotopic (exact) mass is 400 g/mol. The second kappa shape index (κ2) is 8.61. The topological polar surface area (TPSA) is 81.4 Å². The molecule has 6 nitrogen and oxygen atoms in total. The number of nitrogens with one attached hydrogen (secondary N) is 1. The Morgan fingerprint density at radius 3 is 2.77 bits per heavy atom. The van der Waals surface area contributed by atoms with E-state index < -0.39 is 11.9 Å². The van der Waals surface area contributed by atoms with E-state index in [0.29, 0.717) is 5.76 Å². The lowest BCUT2D eigenvalue weighted by atomic mass is 10.1. The number of carbonyl (C=O) groups is 2. The van der Waals surface area contributed by atoms with Crippen LogP contribution in [0.4, 0.5) is 0 Å². The number of para-hydroxylation sites is 2. The zero-order valence-corrected chi connectivity index (χ0v) is 16.4. The van der Waals surface area contributed by atoms with E-state index in [4.69, 9.17) is 9.15 Å². The Bertz CT molecular complexity index is 1200. The molecule has 0 aliphatic rings. The number of fused-ring (bicyclic) bond motifs is 2. The van der Waals surface area contributed by atoms with Crippen LogP contribution in [-0.4, -0.2) is 23.5 Å². The highest BCUT2D eigenvalue weighted by Crippen LogP contribution is 2.23. The number of nitrogens with zero attached hydrogens (tertiary/aromatic N) is 1. The minimum absolute atomic E-state index is 0.346. The van der Waals surface area contributed by atoms with E-state index in [0.717, 1.165) is 27.4 Å². The quantitative estimate of drug-likeness (QED) is 0.383. The van der Waals surface area contributed by atoms with Gasteiger partial charge in [0, 0.05) is 28.6 Å². The number of esters is 1. The maximum absolute atomic E-state index is 12.1. The van der Waals surface area contributed by atoms with Crippen LogP contribution in [0.3, 0.4) is 0 Å². The maximum Gasteiger partial charge on any atom is 0.331 e. The second-order valence-electron chi connectivity index (χ2n) is 6.84. The van der Waals surface area contributed by atoms with Crippen molar-refractivity contribution in [2.24, 2.45) is 0 Å². The summed E-state index contributed by atoms with van der Waals surface area (Å²) in [5.41, 5.74) is 2.35. The minimum Gasteiger partial charge on any atom is -0.459 e. The first-order valence-corrected chi connectivity index (χ1v) is 9.56. The first kappa shape index (κ1) is 19.4. The molecule has 4 rings (SSSR count). The van der Waals surface area contributed by atoms with Gasteiger partial charge in [0.1, 0.15) is 11.3 Å². The third-order valence-electron chi connectivity index (χ3n) is 4.66. The van der Waals surface area contributed by atoms with Crippen molar-refractivity contribution >= 4 is 39.8 Å². The zero-order valence-electron chi connectivity index (χ0n) is 16.4. The number of furan rings is 1. The summed E-state index contributed by atoms with van der Waals surface area (Å²) < 4.78 is 10.8. The molecule has 30 heavy (non-hydrogen) atoms. The number of carbonyl (C=O) groups excluding carboxylic acids is 2. The summed E-state index contributed by atoms with van der Waals surface area (Å²) in [5, 5.41) is 4.71. The summed E-state index contributed by atoms with van der Waals surface area (Å²) in [5.74, 6) is -0.370. The van der Waals surface area contributed by atoms with Gasteiger partial charge in [-0.05, 0) is 31.2 Å². The first-order valence-electron chi connectivity index (χ1n) is 9.56. The van der Waals surface area contributed by atoms with Gasteiger partial charge in [-0.15, -0.1) is 0 Å². The molecule has 2 heterocycles. The second-order valence-corrected chi connectivity index (χ2v) is 6.84. The maximum atomic E-state index is 12.1. The van der Waals surface area contributed by atoms with Gasteiger partial charge in [-0.1, -0.05) is 42.5 Å². The van der Waals surface area contributed by atoms with Crippen molar-refractivity contribution in [3.05, 3.63) is 84.3 Å². The Kier molecular flexibility index (Phi) is 5.57. The molecule has 2 aromatic heterocycles. The fraction of sp³-hybridized carbons (Fsp3) is 0.125. The predicted molar refractivity (Wildman–Crippen MR) is 115 cm³/mol. The van der Waals surface area contributed by atoms with Crippen LogP contribution < -0.4 is 5.32 Å². The van der Waals surface area contributed by atoms with Gasteiger partial charge >= 0.3 is 5.97 Å². The molecule has 0 unspecified atom stereocenters. The van der Waals surface area contributed by atoms with Crippen molar-refractivity contribution in [2.75, 3.05) is 6.61 Å². The van der Waals surface area contributed by atoms with Crippen molar-refractivity contribution in [1.82, 2.24) is 10.3 Å². The molecule has 6 heteroatoms. The molecule has 150 valence electrons. The normalized spacial score (nSPS) is 12.3. The van der Waals surface area contributed by atoms with Gasteiger partial charge in [0.05, 0.1) is 11.6 Å². The van der Waals surface area contributed by atoms with Crippen LogP contribution in [0.1, 0.15) is 24.3 Å². The molecule has 0 aliphatic heterocycles. The molecule has 1 atom stereocenters. The largest absolute Gasteiger partial charge is 0.459 e. The van der Waals surface area contributed by atoms with Crippen molar-refractivity contribution in [3.8, 4) is 0 Å². The Balaban J connectivity index is 1.32. The number of ether oxygens (including phenoxy) is 1. The van der Waals surface area contributed by atoms with E-state index >= 15 is 0 Å². The van der Waals surface area contributed by atoms with Crippen LogP contribution in [0.5, 0.6) is 0 Å². The highest BCUT2D eigenvalue weighted by atomic mass is 16.5. The van der Waals surface area contributed by atoms with Gasteiger partial charge in [0.2, 0.25) is 0 Å². The molecule has 1 N–H and O–H groups in total. The molecule has 0 bridgehead atoms. The third kappa shape index (κ3) is 4.38. The van der Waals surface area contributed by atoms with Gasteiger partial charge in [0.25, 0.3) is 5.91 Å². The van der Waals surface area contributed by atoms with E-state index in [1.807, 2.05) is 67.6 Å². The van der Waals surface area contributed by atoms with Gasteiger partial charge in [-0.3, -0.25) is 9.78 Å². The van der Waals surface area contributed by atoms with Crippen molar-refractivity contribution < 1.29 is 18.7 Å². The van der Waals surface area contributed by atoms with E-state index in [1.54, 1.807) is 12.3 Å². The molecule has 0 fully saturated rings. The summed E-state index contributed by atoms with van der Waals surface area (Å²) in [6.45, 7) is 1.44. The molecule has 0 saturated carbocycles. The van der Waals surface area contributed by atoms with Crippen molar-refractivity contribution in [1.29, 1.82) is 0 Å². The average Bonchev–Trinajstić information content (AvgIpc) is 3.21. The molecule has 0 spiro atoms. The highest BCUT2D eigenvalue weighted by molar-refractivity contribution is 5.93. The van der Waals surface area contributed by atoms with Crippen LogP contribution in [-0.2, 0) is 14.3 Å². The van der Waals surface area contributed by atoms with E-state index in [-0.39, 0.29) is 12.6 Å². The molecule has 0 radical (unpaired) electrons. The Labute approximate surface area is 173 Å². The van der Waals surface area contributed by atoms with E-state index in [9.17, 15) is 9.59 Å². The molecule has 1 amide bonds. The molecule has 4 aromatic rings. The van der Waals surface area contributed by atoms with Crippen LogP contribution in [0.15, 0.2) is 77.4 Å². The Hall–Kier alpha value is -3.93. The van der Waals surface area contributed by atoms with E-state index in [1.165, 1.54) is 6.08 Å². The van der Waals surface area contributed by atoms with Crippen LogP contribution >= 0.6 is 0 Å². The fourth-order valence-electron chi connectivity index (χ4n) is 3.17. The van der Waals surface area contributed by atoms with Gasteiger partial charge < -0.3 is 14.5 Å². The summed E-state index contributed by atoms with van der Waals surface area (Å²) in [6, 6.07) is 18.7. The lowest BCUT2D eigenvalue weighted by Gasteiger charge is -2.11. The number of rotatable bonds is 6. The number of amides is 1. The van der Waals surface area contributed by atoms with Crippen LogP contribution in [0, 0.1) is 0 Å².